The van der Waals surface area contributed by atoms with Gasteiger partial charge in [0.15, 0.2) is 22.8 Å². The third-order valence-electron chi connectivity index (χ3n) is 11.1. The van der Waals surface area contributed by atoms with Crippen molar-refractivity contribution in [2.75, 3.05) is 5.06 Å². The van der Waals surface area contributed by atoms with Gasteiger partial charge in [-0.2, -0.15) is 0 Å². The van der Waals surface area contributed by atoms with Crippen LogP contribution in [0.1, 0.15) is 33.0 Å². The molecule has 1 saturated heterocycles. The van der Waals surface area contributed by atoms with E-state index in [1.165, 1.54) is 22.7 Å². The first kappa shape index (κ1) is 33.7. The van der Waals surface area contributed by atoms with Crippen LogP contribution in [0.5, 0.6) is 0 Å². The minimum absolute atomic E-state index is 0.246. The van der Waals surface area contributed by atoms with Crippen molar-refractivity contribution in [3.8, 4) is 11.4 Å². The first-order valence-electron chi connectivity index (χ1n) is 18.6. The van der Waals surface area contributed by atoms with Gasteiger partial charge in [0.1, 0.15) is 28.0 Å². The van der Waals surface area contributed by atoms with Crippen LogP contribution in [0.2, 0.25) is 0 Å². The number of imidazole rings is 1. The van der Waals surface area contributed by atoms with Crippen molar-refractivity contribution in [3.05, 3.63) is 185 Å². The van der Waals surface area contributed by atoms with Gasteiger partial charge in [-0.3, -0.25) is 4.98 Å². The number of hydroxylamine groups is 1. The number of benzene rings is 2. The van der Waals surface area contributed by atoms with Crippen LogP contribution < -0.4 is 5.06 Å². The van der Waals surface area contributed by atoms with Crippen LogP contribution in [0.15, 0.2) is 156 Å². The Kier molecular flexibility index (Phi) is 7.32. The number of para-hydroxylation sites is 2. The Morgan fingerprint density at radius 2 is 1.59 bits per heavy atom. The lowest BCUT2D eigenvalue weighted by molar-refractivity contribution is -0.0329. The van der Waals surface area contributed by atoms with Gasteiger partial charge < -0.3 is 19.4 Å². The molecule has 59 heavy (non-hydrogen) atoms. The Morgan fingerprint density at radius 1 is 0.695 bits per heavy atom. The van der Waals surface area contributed by atoms with Crippen molar-refractivity contribution in [1.82, 2.24) is 54.8 Å². The predicted molar refractivity (Wildman–Crippen MR) is 222 cm³/mol. The molecule has 12 rings (SSSR count). The zero-order valence-electron chi connectivity index (χ0n) is 30.6. The first-order chi connectivity index (χ1) is 29.2. The Morgan fingerprint density at radius 3 is 2.42 bits per heavy atom. The molecule has 0 aliphatic carbocycles. The van der Waals surface area contributed by atoms with E-state index in [2.05, 4.69) is 38.1 Å². The Bertz CT molecular complexity index is 3220. The number of thiophene rings is 1. The SMILES string of the molecule is c1cnc(C2(c3sccc3-c3ncc4[nH]cnc4n3)N(c3ccc[nH]3)OC(c3cc4ccccc4[nH]3)(c3ncco3)C2(c2ccc3ccccc3n2)c2nccs2)nc1. The fourth-order valence-electron chi connectivity index (χ4n) is 8.79. The molecule has 14 nitrogen and oxygen atoms in total. The molecule has 3 N–H and O–H groups in total. The van der Waals surface area contributed by atoms with Crippen molar-refractivity contribution < 1.29 is 9.25 Å². The fraction of sp³-hybridized carbons (Fsp3) is 0.0698. The van der Waals surface area contributed by atoms with E-state index in [4.69, 9.17) is 44.1 Å². The molecule has 284 valence electrons. The van der Waals surface area contributed by atoms with E-state index < -0.39 is 16.6 Å². The molecular weight excluding hydrogens is 781 g/mol. The normalized spacial score (nSPS) is 20.6. The number of rotatable bonds is 8. The number of hydrogen-bond donors (Lipinski definition) is 3. The summed E-state index contributed by atoms with van der Waals surface area (Å²) in [6.45, 7) is 0. The van der Waals surface area contributed by atoms with Crippen molar-refractivity contribution >= 4 is 61.5 Å². The molecule has 1 fully saturated rings. The van der Waals surface area contributed by atoms with Gasteiger partial charge in [-0.15, -0.1) is 22.7 Å². The number of nitrogens with one attached hydrogen (secondary N) is 3. The van der Waals surface area contributed by atoms with Gasteiger partial charge in [-0.1, -0.05) is 42.5 Å². The highest BCUT2D eigenvalue weighted by molar-refractivity contribution is 7.11. The molecule has 1 aliphatic heterocycles. The number of H-pyrrole nitrogens is 3. The number of thiazole rings is 1. The molecule has 0 spiro atoms. The molecule has 3 unspecified atom stereocenters. The second kappa shape index (κ2) is 12.8. The molecule has 2 aromatic carbocycles. The molecule has 0 bridgehead atoms. The molecule has 1 aliphatic rings. The number of pyridine rings is 1. The van der Waals surface area contributed by atoms with Crippen molar-refractivity contribution in [1.29, 1.82) is 0 Å². The average molecular weight is 809 g/mol. The number of aromatic amines is 3. The topological polar surface area (TPSA) is 176 Å². The Labute approximate surface area is 341 Å². The summed E-state index contributed by atoms with van der Waals surface area (Å²) >= 11 is 2.97. The zero-order chi connectivity index (χ0) is 39.0. The van der Waals surface area contributed by atoms with Gasteiger partial charge in [-0.25, -0.2) is 44.8 Å². The smallest absolute Gasteiger partial charge is 0.237 e. The summed E-state index contributed by atoms with van der Waals surface area (Å²) in [5.74, 6) is 1.66. The minimum atomic E-state index is -1.72. The van der Waals surface area contributed by atoms with Crippen molar-refractivity contribution in [3.63, 3.8) is 0 Å². The maximum absolute atomic E-state index is 7.91. The monoisotopic (exact) mass is 808 g/mol. The number of hydrogen-bond acceptors (Lipinski definition) is 13. The molecule has 9 aromatic heterocycles. The van der Waals surface area contributed by atoms with E-state index in [1.54, 1.807) is 49.6 Å². The largest absolute Gasteiger partial charge is 0.445 e. The average Bonchev–Trinajstić information content (AvgIpc) is 4.13. The summed E-state index contributed by atoms with van der Waals surface area (Å²) in [6, 6.07) is 30.0. The molecule has 0 radical (unpaired) electrons. The maximum Gasteiger partial charge on any atom is 0.237 e. The van der Waals surface area contributed by atoms with E-state index in [1.807, 2.05) is 88.8 Å². The Balaban J connectivity index is 1.35. The zero-order valence-corrected chi connectivity index (χ0v) is 32.2. The third-order valence-corrected chi connectivity index (χ3v) is 13.0. The number of aromatic nitrogens is 11. The van der Waals surface area contributed by atoms with E-state index in [-0.39, 0.29) is 5.89 Å². The minimum Gasteiger partial charge on any atom is -0.445 e. The van der Waals surface area contributed by atoms with Gasteiger partial charge in [0.05, 0.1) is 40.5 Å². The molecule has 10 heterocycles. The van der Waals surface area contributed by atoms with Crippen molar-refractivity contribution in [2.24, 2.45) is 0 Å². The lowest BCUT2D eigenvalue weighted by Gasteiger charge is -2.47. The number of fused-ring (bicyclic) bond motifs is 3. The van der Waals surface area contributed by atoms with Crippen molar-refractivity contribution in [2.45, 2.75) is 16.6 Å². The summed E-state index contributed by atoms with van der Waals surface area (Å²) in [4.78, 5) is 59.7. The standard InChI is InChI=1S/C43H28N12O2S2/c1-3-9-29-26(7-1)12-13-32(52-29)41(40-48-19-22-59-40)42(38-45-16-6-17-46-38,35-28(14-21-58-35)36-49-24-31-37(54-36)51-25-50-31)55(34-11-5-15-44-34)57-43(41,39-47-18-20-56-39)33-23-27-8-2-4-10-30(27)53-33/h1-25,44,53H,(H,49,50,51,54). The third kappa shape index (κ3) is 4.52. The highest BCUT2D eigenvalue weighted by Crippen LogP contribution is 2.71. The quantitative estimate of drug-likeness (QED) is 0.135. The van der Waals surface area contributed by atoms with Gasteiger partial charge in [0.2, 0.25) is 11.5 Å². The number of anilines is 1. The molecular formula is C43H28N12O2S2. The van der Waals surface area contributed by atoms with Crippen LogP contribution in [-0.2, 0) is 21.4 Å². The van der Waals surface area contributed by atoms with E-state index in [0.717, 1.165) is 26.7 Å². The van der Waals surface area contributed by atoms with Gasteiger partial charge in [0.25, 0.3) is 0 Å². The molecule has 0 saturated carbocycles. The predicted octanol–water partition coefficient (Wildman–Crippen LogP) is 8.30. The molecule has 16 heteroatoms. The van der Waals surface area contributed by atoms with Crippen LogP contribution in [0.25, 0.3) is 44.4 Å². The number of nitrogens with zero attached hydrogens (tertiary/aromatic N) is 9. The number of oxazole rings is 1. The summed E-state index contributed by atoms with van der Waals surface area (Å²) in [6.07, 6.45) is 13.7. The van der Waals surface area contributed by atoms with Crippen LogP contribution in [-0.4, -0.2) is 54.8 Å². The van der Waals surface area contributed by atoms with E-state index >= 15 is 0 Å². The van der Waals surface area contributed by atoms with E-state index in [9.17, 15) is 0 Å². The maximum atomic E-state index is 7.91. The van der Waals surface area contributed by atoms with Crippen LogP contribution in [0, 0.1) is 0 Å². The molecule has 11 aromatic rings. The van der Waals surface area contributed by atoms with Gasteiger partial charge in [0, 0.05) is 46.6 Å². The van der Waals surface area contributed by atoms with Gasteiger partial charge >= 0.3 is 0 Å². The molecule has 0 amide bonds. The van der Waals surface area contributed by atoms with Crippen LogP contribution in [0.4, 0.5) is 5.82 Å². The fourth-order valence-corrected chi connectivity index (χ4v) is 10.9. The second-order valence-electron chi connectivity index (χ2n) is 14.0. The summed E-state index contributed by atoms with van der Waals surface area (Å²) in [7, 11) is 0. The second-order valence-corrected chi connectivity index (χ2v) is 15.8. The van der Waals surface area contributed by atoms with Crippen LogP contribution >= 0.6 is 22.7 Å². The summed E-state index contributed by atoms with van der Waals surface area (Å²) < 4.78 is 6.58. The lowest BCUT2D eigenvalue weighted by Crippen LogP contribution is -2.61. The summed E-state index contributed by atoms with van der Waals surface area (Å²) in [5.41, 5.74) is -0.111. The van der Waals surface area contributed by atoms with Gasteiger partial charge in [-0.05, 0) is 59.3 Å². The molecule has 3 atom stereocenters. The highest BCUT2D eigenvalue weighted by Gasteiger charge is 2.83. The van der Waals surface area contributed by atoms with E-state index in [0.29, 0.717) is 50.6 Å². The Hall–Kier alpha value is -7.40. The highest BCUT2D eigenvalue weighted by atomic mass is 32.1. The lowest BCUT2D eigenvalue weighted by atomic mass is 9.56. The van der Waals surface area contributed by atoms with Crippen LogP contribution in [0.3, 0.4) is 0 Å². The first-order valence-corrected chi connectivity index (χ1v) is 20.4. The summed E-state index contributed by atoms with van der Waals surface area (Å²) in [5, 5.41) is 8.38.